The first-order chi connectivity index (χ1) is 17.7. The van der Waals surface area contributed by atoms with Crippen LogP contribution in [0.3, 0.4) is 0 Å². The molecule has 0 radical (unpaired) electrons. The van der Waals surface area contributed by atoms with E-state index in [0.717, 1.165) is 21.0 Å². The minimum absolute atomic E-state index is 0.0590. The summed E-state index contributed by atoms with van der Waals surface area (Å²) in [6.07, 6.45) is 0.0254. The van der Waals surface area contributed by atoms with Crippen LogP contribution in [-0.2, 0) is 32.6 Å². The van der Waals surface area contributed by atoms with Crippen LogP contribution in [0.4, 0.5) is 0 Å². The monoisotopic (exact) mass is 519 g/mol. The van der Waals surface area contributed by atoms with E-state index >= 15 is 0 Å². The summed E-state index contributed by atoms with van der Waals surface area (Å²) in [4.78, 5) is 40.8. The Morgan fingerprint density at radius 2 is 1.57 bits per heavy atom. The second-order valence-electron chi connectivity index (χ2n) is 8.96. The van der Waals surface area contributed by atoms with E-state index in [-0.39, 0.29) is 42.3 Å². The smallest absolute Gasteiger partial charge is 0.269 e. The van der Waals surface area contributed by atoms with Crippen molar-refractivity contribution in [3.63, 3.8) is 0 Å². The minimum Gasteiger partial charge on any atom is -0.357 e. The summed E-state index contributed by atoms with van der Waals surface area (Å²) in [5.41, 5.74) is 2.87. The molecule has 1 atom stereocenters. The molecule has 4 rings (SSSR count). The van der Waals surface area contributed by atoms with Crippen molar-refractivity contribution in [3.05, 3.63) is 101 Å². The van der Waals surface area contributed by atoms with Gasteiger partial charge in [0.25, 0.3) is 15.9 Å². The van der Waals surface area contributed by atoms with Crippen molar-refractivity contribution in [2.75, 3.05) is 13.6 Å². The van der Waals surface area contributed by atoms with Crippen LogP contribution in [0.25, 0.3) is 0 Å². The van der Waals surface area contributed by atoms with Crippen LogP contribution in [-0.4, -0.2) is 55.0 Å². The molecule has 3 aromatic carbocycles. The van der Waals surface area contributed by atoms with Gasteiger partial charge in [-0.1, -0.05) is 72.3 Å². The fourth-order valence-electron chi connectivity index (χ4n) is 4.40. The largest absolute Gasteiger partial charge is 0.357 e. The highest BCUT2D eigenvalue weighted by atomic mass is 32.2. The number of hydrogen-bond donors (Lipinski definition) is 1. The number of fused-ring (bicyclic) bond motifs is 1. The van der Waals surface area contributed by atoms with Crippen LogP contribution in [0.1, 0.15) is 33.5 Å². The molecule has 0 fully saturated rings. The second kappa shape index (κ2) is 11.0. The molecule has 37 heavy (non-hydrogen) atoms. The molecule has 1 heterocycles. The number of carbonyl (C=O) groups is 3. The van der Waals surface area contributed by atoms with E-state index in [2.05, 4.69) is 5.32 Å². The fourth-order valence-corrected chi connectivity index (χ4v) is 5.97. The van der Waals surface area contributed by atoms with E-state index < -0.39 is 27.9 Å². The number of rotatable bonds is 9. The molecule has 3 aromatic rings. The summed E-state index contributed by atoms with van der Waals surface area (Å²) in [5.74, 6) is -1.41. The summed E-state index contributed by atoms with van der Waals surface area (Å²) in [5, 5.41) is 2.65. The molecular weight excluding hydrogens is 490 g/mol. The predicted octanol–water partition coefficient (Wildman–Crippen LogP) is 2.92. The molecule has 0 bridgehead atoms. The highest BCUT2D eigenvalue weighted by molar-refractivity contribution is 7.90. The quantitative estimate of drug-likeness (QED) is 0.468. The van der Waals surface area contributed by atoms with Crippen molar-refractivity contribution in [2.24, 2.45) is 0 Å². The van der Waals surface area contributed by atoms with Crippen LogP contribution in [0, 0.1) is 6.92 Å². The number of likely N-dealkylation sites (N-methyl/N-ethyl adjacent to an activating group) is 1. The Morgan fingerprint density at radius 3 is 2.22 bits per heavy atom. The normalized spacial score (nSPS) is 14.6. The lowest BCUT2D eigenvalue weighted by Crippen LogP contribution is -2.50. The van der Waals surface area contributed by atoms with Crippen LogP contribution < -0.4 is 5.32 Å². The van der Waals surface area contributed by atoms with Crippen LogP contribution in [0.15, 0.2) is 83.8 Å². The average Bonchev–Trinajstić information content (AvgIpc) is 3.10. The van der Waals surface area contributed by atoms with Gasteiger partial charge in [-0.05, 0) is 30.2 Å². The Balaban J connectivity index is 1.61. The van der Waals surface area contributed by atoms with Gasteiger partial charge in [-0.3, -0.25) is 14.4 Å². The van der Waals surface area contributed by atoms with Gasteiger partial charge < -0.3 is 10.2 Å². The molecule has 1 aliphatic heterocycles. The number of carbonyl (C=O) groups excluding carboxylic acids is 3. The third-order valence-corrected chi connectivity index (χ3v) is 8.27. The van der Waals surface area contributed by atoms with Gasteiger partial charge in [0.2, 0.25) is 11.8 Å². The summed E-state index contributed by atoms with van der Waals surface area (Å²) >= 11 is 0. The Labute approximate surface area is 217 Å². The lowest BCUT2D eigenvalue weighted by atomic mass is 10.0. The van der Waals surface area contributed by atoms with Crippen molar-refractivity contribution < 1.29 is 22.8 Å². The first-order valence-electron chi connectivity index (χ1n) is 12.0. The number of sulfonamides is 1. The number of amides is 3. The molecule has 0 aliphatic carbocycles. The molecule has 0 aromatic heterocycles. The van der Waals surface area contributed by atoms with Gasteiger partial charge >= 0.3 is 0 Å². The second-order valence-corrected chi connectivity index (χ2v) is 10.8. The SMILES string of the molecule is CNC(=O)[C@H](Cc1ccccc1)N(Cc1ccc(C)cc1)C(=O)CCN1C(=O)c2ccccc2S1(=O)=O. The molecule has 0 spiro atoms. The Bertz CT molecular complexity index is 1410. The Morgan fingerprint density at radius 1 is 0.919 bits per heavy atom. The van der Waals surface area contributed by atoms with E-state index in [4.69, 9.17) is 0 Å². The number of nitrogens with one attached hydrogen (secondary N) is 1. The lowest BCUT2D eigenvalue weighted by Gasteiger charge is -2.31. The fraction of sp³-hybridized carbons (Fsp3) is 0.250. The molecule has 1 N–H and O–H groups in total. The summed E-state index contributed by atoms with van der Waals surface area (Å²) in [7, 11) is -2.52. The van der Waals surface area contributed by atoms with Gasteiger partial charge in [0.15, 0.2) is 0 Å². The van der Waals surface area contributed by atoms with Crippen molar-refractivity contribution in [1.82, 2.24) is 14.5 Å². The Kier molecular flexibility index (Phi) is 7.73. The zero-order valence-electron chi connectivity index (χ0n) is 20.8. The molecule has 0 saturated carbocycles. The van der Waals surface area contributed by atoms with Crippen molar-refractivity contribution >= 4 is 27.7 Å². The van der Waals surface area contributed by atoms with Crippen LogP contribution >= 0.6 is 0 Å². The Hall–Kier alpha value is -3.98. The first kappa shape index (κ1) is 26.1. The topological polar surface area (TPSA) is 104 Å². The highest BCUT2D eigenvalue weighted by Gasteiger charge is 2.41. The predicted molar refractivity (Wildman–Crippen MR) is 139 cm³/mol. The lowest BCUT2D eigenvalue weighted by molar-refractivity contribution is -0.141. The van der Waals surface area contributed by atoms with Crippen LogP contribution in [0.5, 0.6) is 0 Å². The maximum absolute atomic E-state index is 13.6. The van der Waals surface area contributed by atoms with E-state index in [9.17, 15) is 22.8 Å². The summed E-state index contributed by atoms with van der Waals surface area (Å²) in [6, 6.07) is 22.2. The summed E-state index contributed by atoms with van der Waals surface area (Å²) < 4.78 is 26.6. The molecular formula is C28H29N3O5S. The zero-order valence-corrected chi connectivity index (χ0v) is 21.6. The van der Waals surface area contributed by atoms with Crippen molar-refractivity contribution in [1.29, 1.82) is 0 Å². The van der Waals surface area contributed by atoms with Crippen molar-refractivity contribution in [2.45, 2.75) is 37.2 Å². The molecule has 8 nitrogen and oxygen atoms in total. The number of nitrogens with zero attached hydrogens (tertiary/aromatic N) is 2. The van der Waals surface area contributed by atoms with Gasteiger partial charge in [-0.15, -0.1) is 0 Å². The van der Waals surface area contributed by atoms with Crippen molar-refractivity contribution in [3.8, 4) is 0 Å². The molecule has 1 aliphatic rings. The zero-order chi connectivity index (χ0) is 26.6. The molecule has 9 heteroatoms. The number of benzene rings is 3. The number of aryl methyl sites for hydroxylation is 1. The highest BCUT2D eigenvalue weighted by Crippen LogP contribution is 2.30. The third-order valence-electron chi connectivity index (χ3n) is 6.43. The average molecular weight is 520 g/mol. The van der Waals surface area contributed by atoms with Gasteiger partial charge in [-0.2, -0.15) is 0 Å². The van der Waals surface area contributed by atoms with Gasteiger partial charge in [0, 0.05) is 33.0 Å². The minimum atomic E-state index is -4.04. The van der Waals surface area contributed by atoms with E-state index in [1.54, 1.807) is 12.1 Å². The number of hydrogen-bond acceptors (Lipinski definition) is 5. The first-order valence-corrected chi connectivity index (χ1v) is 13.4. The van der Waals surface area contributed by atoms with E-state index in [0.29, 0.717) is 0 Å². The third kappa shape index (κ3) is 5.56. The maximum Gasteiger partial charge on any atom is 0.269 e. The maximum atomic E-state index is 13.6. The van der Waals surface area contributed by atoms with Crippen LogP contribution in [0.2, 0.25) is 0 Å². The van der Waals surface area contributed by atoms with Gasteiger partial charge in [-0.25, -0.2) is 12.7 Å². The van der Waals surface area contributed by atoms with Gasteiger partial charge in [0.1, 0.15) is 10.9 Å². The van der Waals surface area contributed by atoms with E-state index in [1.165, 1.54) is 24.1 Å². The summed E-state index contributed by atoms with van der Waals surface area (Å²) in [6.45, 7) is 1.80. The van der Waals surface area contributed by atoms with Gasteiger partial charge in [0.05, 0.1) is 5.56 Å². The molecule has 0 unspecified atom stereocenters. The molecule has 3 amide bonds. The van der Waals surface area contributed by atoms with E-state index in [1.807, 2.05) is 61.5 Å². The standard InChI is InChI=1S/C28H29N3O5S/c1-20-12-14-22(15-13-20)19-30(24(27(33)29-2)18-21-8-4-3-5-9-21)26(32)16-17-31-28(34)23-10-6-7-11-25(23)37(31,35)36/h3-15,24H,16-19H2,1-2H3,(H,29,33)/t24-/m0/s1. The molecule has 192 valence electrons. The molecule has 0 saturated heterocycles.